The zero-order chi connectivity index (χ0) is 10.5. The largest absolute Gasteiger partial charge is 0.351 e. The van der Waals surface area contributed by atoms with Gasteiger partial charge in [-0.25, -0.2) is 9.97 Å². The summed E-state index contributed by atoms with van der Waals surface area (Å²) in [5.74, 6) is 2.16. The lowest BCUT2D eigenvalue weighted by molar-refractivity contribution is 0.361. The lowest BCUT2D eigenvalue weighted by Gasteiger charge is -2.28. The minimum absolute atomic E-state index is 0.491. The van der Waals surface area contributed by atoms with Crippen LogP contribution in [0.25, 0.3) is 0 Å². The van der Waals surface area contributed by atoms with Crippen LogP contribution in [0.2, 0.25) is 0 Å². The van der Waals surface area contributed by atoms with Crippen molar-refractivity contribution >= 4 is 17.5 Å². The Labute approximate surface area is 95.3 Å². The van der Waals surface area contributed by atoms with Crippen molar-refractivity contribution in [1.29, 1.82) is 0 Å². The number of anilines is 1. The van der Waals surface area contributed by atoms with Crippen LogP contribution in [0.1, 0.15) is 25.7 Å². The van der Waals surface area contributed by atoms with Crippen LogP contribution in [-0.2, 0) is 0 Å². The van der Waals surface area contributed by atoms with Crippen LogP contribution >= 0.6 is 11.6 Å². The van der Waals surface area contributed by atoms with Gasteiger partial charge in [0.2, 0.25) is 5.95 Å². The van der Waals surface area contributed by atoms with E-state index in [2.05, 4.69) is 15.3 Å². The van der Waals surface area contributed by atoms with Crippen LogP contribution in [0.5, 0.6) is 0 Å². The molecule has 1 N–H and O–H groups in total. The van der Waals surface area contributed by atoms with Gasteiger partial charge in [-0.1, -0.05) is 6.42 Å². The maximum Gasteiger partial charge on any atom is 0.222 e. The predicted octanol–water partition coefficient (Wildman–Crippen LogP) is 2.69. The van der Waals surface area contributed by atoms with Crippen LogP contribution in [0, 0.1) is 5.92 Å². The van der Waals surface area contributed by atoms with E-state index in [4.69, 9.17) is 11.6 Å². The van der Waals surface area contributed by atoms with E-state index in [0.717, 1.165) is 18.2 Å². The summed E-state index contributed by atoms with van der Waals surface area (Å²) in [5.41, 5.74) is 0. The highest BCUT2D eigenvalue weighted by atomic mass is 35.5. The van der Waals surface area contributed by atoms with Gasteiger partial charge < -0.3 is 5.32 Å². The number of nitrogens with zero attached hydrogens (tertiary/aromatic N) is 2. The monoisotopic (exact) mass is 225 g/mol. The fourth-order valence-electron chi connectivity index (χ4n) is 2.12. The maximum atomic E-state index is 5.89. The van der Waals surface area contributed by atoms with Gasteiger partial charge in [0.15, 0.2) is 0 Å². The third-order valence-corrected chi connectivity index (χ3v) is 3.34. The Morgan fingerprint density at radius 1 is 1.33 bits per heavy atom. The molecule has 1 heterocycles. The highest BCUT2D eigenvalue weighted by Gasteiger charge is 2.21. The van der Waals surface area contributed by atoms with Crippen molar-refractivity contribution in [2.45, 2.75) is 31.7 Å². The van der Waals surface area contributed by atoms with Gasteiger partial charge in [0.1, 0.15) is 0 Å². The molecule has 15 heavy (non-hydrogen) atoms. The van der Waals surface area contributed by atoms with Gasteiger partial charge in [-0.15, -0.1) is 11.6 Å². The first kappa shape index (κ1) is 10.7. The lowest BCUT2D eigenvalue weighted by atomic mass is 9.87. The first-order valence-electron chi connectivity index (χ1n) is 5.48. The predicted molar refractivity (Wildman–Crippen MR) is 62.1 cm³/mol. The number of halogens is 1. The molecule has 1 aromatic rings. The highest BCUT2D eigenvalue weighted by Crippen LogP contribution is 2.26. The number of rotatable bonds is 3. The number of hydrogen-bond acceptors (Lipinski definition) is 3. The Hall–Kier alpha value is -0.830. The molecule has 82 valence electrons. The number of alkyl halides is 1. The number of aromatic nitrogens is 2. The summed E-state index contributed by atoms with van der Waals surface area (Å²) >= 11 is 5.89. The molecule has 0 spiro atoms. The molecule has 0 amide bonds. The molecular weight excluding hydrogens is 210 g/mol. The van der Waals surface area contributed by atoms with E-state index in [1.165, 1.54) is 19.3 Å². The molecule has 0 saturated heterocycles. The van der Waals surface area contributed by atoms with Crippen LogP contribution in [-0.4, -0.2) is 21.9 Å². The van der Waals surface area contributed by atoms with Crippen molar-refractivity contribution in [2.75, 3.05) is 11.2 Å². The van der Waals surface area contributed by atoms with E-state index in [1.807, 2.05) is 6.07 Å². The summed E-state index contributed by atoms with van der Waals surface area (Å²) in [6, 6.07) is 2.32. The van der Waals surface area contributed by atoms with Crippen molar-refractivity contribution in [3.63, 3.8) is 0 Å². The van der Waals surface area contributed by atoms with E-state index in [0.29, 0.717) is 12.0 Å². The van der Waals surface area contributed by atoms with Crippen LogP contribution in [0.15, 0.2) is 18.5 Å². The quantitative estimate of drug-likeness (QED) is 0.804. The SMILES string of the molecule is ClCC1CCCC(Nc2ncccn2)C1. The van der Waals surface area contributed by atoms with Crippen LogP contribution < -0.4 is 5.32 Å². The topological polar surface area (TPSA) is 37.8 Å². The molecule has 0 radical (unpaired) electrons. The van der Waals surface area contributed by atoms with E-state index >= 15 is 0 Å². The maximum absolute atomic E-state index is 5.89. The summed E-state index contributed by atoms with van der Waals surface area (Å²) in [4.78, 5) is 8.34. The molecule has 0 bridgehead atoms. The number of nitrogens with one attached hydrogen (secondary N) is 1. The van der Waals surface area contributed by atoms with Gasteiger partial charge in [-0.05, 0) is 31.2 Å². The molecule has 2 rings (SSSR count). The summed E-state index contributed by atoms with van der Waals surface area (Å²) in [6.45, 7) is 0. The van der Waals surface area contributed by atoms with Crippen molar-refractivity contribution in [3.05, 3.63) is 18.5 Å². The molecule has 3 nitrogen and oxygen atoms in total. The summed E-state index contributed by atoms with van der Waals surface area (Å²) < 4.78 is 0. The first-order chi connectivity index (χ1) is 7.38. The second-order valence-corrected chi connectivity index (χ2v) is 4.41. The average molecular weight is 226 g/mol. The van der Waals surface area contributed by atoms with E-state index in [1.54, 1.807) is 12.4 Å². The second kappa shape index (κ2) is 5.31. The normalized spacial score (nSPS) is 26.2. The molecule has 0 aromatic carbocycles. The first-order valence-corrected chi connectivity index (χ1v) is 6.01. The Morgan fingerprint density at radius 3 is 2.87 bits per heavy atom. The van der Waals surface area contributed by atoms with E-state index < -0.39 is 0 Å². The van der Waals surface area contributed by atoms with Gasteiger partial charge in [0.05, 0.1) is 0 Å². The van der Waals surface area contributed by atoms with Gasteiger partial charge in [0, 0.05) is 24.3 Å². The smallest absolute Gasteiger partial charge is 0.222 e. The molecule has 2 atom stereocenters. The summed E-state index contributed by atoms with van der Waals surface area (Å²) in [5, 5.41) is 3.36. The fourth-order valence-corrected chi connectivity index (χ4v) is 2.40. The lowest BCUT2D eigenvalue weighted by Crippen LogP contribution is -2.28. The van der Waals surface area contributed by atoms with Crippen molar-refractivity contribution < 1.29 is 0 Å². The zero-order valence-electron chi connectivity index (χ0n) is 8.69. The van der Waals surface area contributed by atoms with Crippen molar-refractivity contribution in [3.8, 4) is 0 Å². The molecule has 2 unspecified atom stereocenters. The third kappa shape index (κ3) is 3.06. The molecule has 1 fully saturated rings. The standard InChI is InChI=1S/C11H16ClN3/c12-8-9-3-1-4-10(7-9)15-11-13-5-2-6-14-11/h2,5-6,9-10H,1,3-4,7-8H2,(H,13,14,15). The average Bonchev–Trinajstić information content (AvgIpc) is 2.31. The minimum Gasteiger partial charge on any atom is -0.351 e. The van der Waals surface area contributed by atoms with Gasteiger partial charge in [-0.3, -0.25) is 0 Å². The van der Waals surface area contributed by atoms with E-state index in [9.17, 15) is 0 Å². The summed E-state index contributed by atoms with van der Waals surface area (Å²) in [6.07, 6.45) is 8.38. The fraction of sp³-hybridized carbons (Fsp3) is 0.636. The van der Waals surface area contributed by atoms with Crippen LogP contribution in [0.3, 0.4) is 0 Å². The molecular formula is C11H16ClN3. The Morgan fingerprint density at radius 2 is 2.13 bits per heavy atom. The molecule has 1 saturated carbocycles. The Bertz CT molecular complexity index is 291. The molecule has 1 aromatic heterocycles. The molecule has 4 heteroatoms. The van der Waals surface area contributed by atoms with Gasteiger partial charge >= 0.3 is 0 Å². The Kier molecular flexibility index (Phi) is 3.78. The van der Waals surface area contributed by atoms with Crippen molar-refractivity contribution in [1.82, 2.24) is 9.97 Å². The zero-order valence-corrected chi connectivity index (χ0v) is 9.45. The minimum atomic E-state index is 0.491. The van der Waals surface area contributed by atoms with Gasteiger partial charge in [0.25, 0.3) is 0 Å². The second-order valence-electron chi connectivity index (χ2n) is 4.10. The van der Waals surface area contributed by atoms with Crippen LogP contribution in [0.4, 0.5) is 5.95 Å². The number of hydrogen-bond donors (Lipinski definition) is 1. The molecule has 1 aliphatic carbocycles. The van der Waals surface area contributed by atoms with Crippen molar-refractivity contribution in [2.24, 2.45) is 5.92 Å². The molecule has 0 aliphatic heterocycles. The third-order valence-electron chi connectivity index (χ3n) is 2.90. The highest BCUT2D eigenvalue weighted by molar-refractivity contribution is 6.18. The molecule has 1 aliphatic rings. The Balaban J connectivity index is 1.89. The van der Waals surface area contributed by atoms with Gasteiger partial charge in [-0.2, -0.15) is 0 Å². The summed E-state index contributed by atoms with van der Waals surface area (Å²) in [7, 11) is 0. The van der Waals surface area contributed by atoms with E-state index in [-0.39, 0.29) is 0 Å².